The minimum Gasteiger partial charge on any atom is -0.396 e. The molecule has 0 radical (unpaired) electrons. The highest BCUT2D eigenvalue weighted by Gasteiger charge is 2.28. The number of rotatable bonds is 6. The molecule has 1 aliphatic rings. The first-order chi connectivity index (χ1) is 10.6. The van der Waals surface area contributed by atoms with E-state index in [9.17, 15) is 4.79 Å². The van der Waals surface area contributed by atoms with Crippen LogP contribution in [-0.2, 0) is 0 Å². The largest absolute Gasteiger partial charge is 0.396 e. The Balaban J connectivity index is 2.01. The standard InChI is InChI=1S/C16H22N4O2/c1-10(2)20-15-13(9-18-20)12(16(22)17-6-3-7-21)8-14(19-15)11-4-5-11/h8-11,21H,3-7H2,1-2H3,(H,17,22). The van der Waals surface area contributed by atoms with Crippen LogP contribution in [0.4, 0.5) is 0 Å². The molecule has 0 bridgehead atoms. The number of carbonyl (C=O) groups excluding carboxylic acids is 1. The molecule has 2 aromatic rings. The van der Waals surface area contributed by atoms with E-state index in [1.807, 2.05) is 10.7 Å². The number of aliphatic hydroxyl groups excluding tert-OH is 1. The molecule has 2 heterocycles. The Hall–Kier alpha value is -1.95. The number of hydrogen-bond donors (Lipinski definition) is 2. The van der Waals surface area contributed by atoms with Crippen molar-refractivity contribution < 1.29 is 9.90 Å². The van der Waals surface area contributed by atoms with Gasteiger partial charge in [-0.05, 0) is 39.2 Å². The van der Waals surface area contributed by atoms with Gasteiger partial charge in [0.1, 0.15) is 0 Å². The summed E-state index contributed by atoms with van der Waals surface area (Å²) < 4.78 is 1.87. The third-order valence-electron chi connectivity index (χ3n) is 3.94. The van der Waals surface area contributed by atoms with Crippen LogP contribution in [0.3, 0.4) is 0 Å². The first-order valence-corrected chi connectivity index (χ1v) is 7.89. The fourth-order valence-electron chi connectivity index (χ4n) is 2.57. The molecule has 1 amide bonds. The van der Waals surface area contributed by atoms with Crippen molar-refractivity contribution in [3.63, 3.8) is 0 Å². The SMILES string of the molecule is CC(C)n1ncc2c(C(=O)NCCCO)cc(C3CC3)nc21. The molecule has 1 aliphatic carbocycles. The number of fused-ring (bicyclic) bond motifs is 1. The summed E-state index contributed by atoms with van der Waals surface area (Å²) in [6.45, 7) is 4.65. The molecule has 0 saturated heterocycles. The molecule has 0 aromatic carbocycles. The Morgan fingerprint density at radius 3 is 2.91 bits per heavy atom. The zero-order valence-electron chi connectivity index (χ0n) is 13.0. The number of hydrogen-bond acceptors (Lipinski definition) is 4. The van der Waals surface area contributed by atoms with E-state index in [2.05, 4.69) is 24.3 Å². The van der Waals surface area contributed by atoms with Crippen LogP contribution in [0.5, 0.6) is 0 Å². The second-order valence-electron chi connectivity index (χ2n) is 6.12. The molecular weight excluding hydrogens is 280 g/mol. The highest BCUT2D eigenvalue weighted by atomic mass is 16.3. The number of nitrogens with one attached hydrogen (secondary N) is 1. The smallest absolute Gasteiger partial charge is 0.252 e. The van der Waals surface area contributed by atoms with E-state index in [1.54, 1.807) is 6.20 Å². The van der Waals surface area contributed by atoms with Crippen LogP contribution in [0.25, 0.3) is 11.0 Å². The molecule has 0 atom stereocenters. The van der Waals surface area contributed by atoms with Crippen LogP contribution in [-0.4, -0.2) is 38.9 Å². The van der Waals surface area contributed by atoms with Crippen molar-refractivity contribution in [1.29, 1.82) is 0 Å². The molecule has 1 fully saturated rings. The van der Waals surface area contributed by atoms with Crippen molar-refractivity contribution in [2.24, 2.45) is 0 Å². The summed E-state index contributed by atoms with van der Waals surface area (Å²) in [4.78, 5) is 17.2. The minimum atomic E-state index is -0.119. The lowest BCUT2D eigenvalue weighted by atomic mass is 10.1. The number of aliphatic hydroxyl groups is 1. The lowest BCUT2D eigenvalue weighted by molar-refractivity contribution is 0.0952. The Labute approximate surface area is 129 Å². The predicted molar refractivity (Wildman–Crippen MR) is 83.9 cm³/mol. The monoisotopic (exact) mass is 302 g/mol. The average Bonchev–Trinajstić information content (AvgIpc) is 3.25. The zero-order chi connectivity index (χ0) is 15.7. The predicted octanol–water partition coefficient (Wildman–Crippen LogP) is 2.00. The van der Waals surface area contributed by atoms with Crippen LogP contribution >= 0.6 is 0 Å². The van der Waals surface area contributed by atoms with Crippen molar-refractivity contribution in [3.8, 4) is 0 Å². The van der Waals surface area contributed by atoms with Gasteiger partial charge < -0.3 is 10.4 Å². The second kappa shape index (κ2) is 6.04. The molecule has 6 heteroatoms. The summed E-state index contributed by atoms with van der Waals surface area (Å²) in [6, 6.07) is 2.10. The van der Waals surface area contributed by atoms with E-state index in [0.717, 1.165) is 29.6 Å². The van der Waals surface area contributed by atoms with Gasteiger partial charge in [-0.25, -0.2) is 9.67 Å². The summed E-state index contributed by atoms with van der Waals surface area (Å²) in [5.41, 5.74) is 2.41. The van der Waals surface area contributed by atoms with Gasteiger partial charge in [0.2, 0.25) is 0 Å². The minimum absolute atomic E-state index is 0.0740. The Kier molecular flexibility index (Phi) is 4.11. The number of pyridine rings is 1. The van der Waals surface area contributed by atoms with Gasteiger partial charge in [0, 0.05) is 30.8 Å². The lowest BCUT2D eigenvalue weighted by Gasteiger charge is -2.10. The summed E-state index contributed by atoms with van der Waals surface area (Å²) in [6.07, 6.45) is 4.56. The Morgan fingerprint density at radius 2 is 2.27 bits per heavy atom. The number of aromatic nitrogens is 3. The van der Waals surface area contributed by atoms with E-state index in [4.69, 9.17) is 10.1 Å². The third-order valence-corrected chi connectivity index (χ3v) is 3.94. The van der Waals surface area contributed by atoms with Crippen molar-refractivity contribution >= 4 is 16.9 Å². The van der Waals surface area contributed by atoms with Gasteiger partial charge in [0.05, 0.1) is 17.1 Å². The van der Waals surface area contributed by atoms with Crippen molar-refractivity contribution in [3.05, 3.63) is 23.5 Å². The fourth-order valence-corrected chi connectivity index (χ4v) is 2.57. The molecule has 6 nitrogen and oxygen atoms in total. The van der Waals surface area contributed by atoms with Crippen LogP contribution in [0.15, 0.2) is 12.3 Å². The summed E-state index contributed by atoms with van der Waals surface area (Å²) in [5.74, 6) is 0.356. The molecule has 0 spiro atoms. The van der Waals surface area contributed by atoms with Gasteiger partial charge in [0.25, 0.3) is 5.91 Å². The van der Waals surface area contributed by atoms with E-state index >= 15 is 0 Å². The summed E-state index contributed by atoms with van der Waals surface area (Å²) >= 11 is 0. The molecular formula is C16H22N4O2. The van der Waals surface area contributed by atoms with Gasteiger partial charge >= 0.3 is 0 Å². The molecule has 2 N–H and O–H groups in total. The van der Waals surface area contributed by atoms with Crippen LogP contribution in [0.2, 0.25) is 0 Å². The quantitative estimate of drug-likeness (QED) is 0.800. The first kappa shape index (κ1) is 15.0. The van der Waals surface area contributed by atoms with Crippen molar-refractivity contribution in [2.45, 2.75) is 45.1 Å². The van der Waals surface area contributed by atoms with E-state index in [-0.39, 0.29) is 18.6 Å². The van der Waals surface area contributed by atoms with Gasteiger partial charge in [-0.2, -0.15) is 5.10 Å². The van der Waals surface area contributed by atoms with Gasteiger partial charge in [-0.3, -0.25) is 4.79 Å². The zero-order valence-corrected chi connectivity index (χ0v) is 13.0. The molecule has 22 heavy (non-hydrogen) atoms. The van der Waals surface area contributed by atoms with E-state index in [0.29, 0.717) is 24.4 Å². The second-order valence-corrected chi connectivity index (χ2v) is 6.12. The van der Waals surface area contributed by atoms with Crippen molar-refractivity contribution in [2.75, 3.05) is 13.2 Å². The Bertz CT molecular complexity index is 689. The van der Waals surface area contributed by atoms with Crippen molar-refractivity contribution in [1.82, 2.24) is 20.1 Å². The van der Waals surface area contributed by atoms with Gasteiger partial charge in [0.15, 0.2) is 5.65 Å². The molecule has 1 saturated carbocycles. The maximum absolute atomic E-state index is 12.5. The fraction of sp³-hybridized carbons (Fsp3) is 0.562. The molecule has 0 aliphatic heterocycles. The molecule has 118 valence electrons. The number of carbonyl (C=O) groups is 1. The number of nitrogens with zero attached hydrogens (tertiary/aromatic N) is 3. The van der Waals surface area contributed by atoms with Crippen LogP contribution in [0.1, 0.15) is 61.1 Å². The molecule has 2 aromatic heterocycles. The van der Waals surface area contributed by atoms with Gasteiger partial charge in [-0.15, -0.1) is 0 Å². The molecule has 0 unspecified atom stereocenters. The summed E-state index contributed by atoms with van der Waals surface area (Å²) in [5, 5.41) is 16.9. The third kappa shape index (κ3) is 2.83. The maximum Gasteiger partial charge on any atom is 0.252 e. The maximum atomic E-state index is 12.5. The first-order valence-electron chi connectivity index (χ1n) is 7.89. The van der Waals surface area contributed by atoms with Crippen LogP contribution in [0, 0.1) is 0 Å². The lowest BCUT2D eigenvalue weighted by Crippen LogP contribution is -2.25. The van der Waals surface area contributed by atoms with Crippen LogP contribution < -0.4 is 5.32 Å². The van der Waals surface area contributed by atoms with E-state index in [1.165, 1.54) is 0 Å². The highest BCUT2D eigenvalue weighted by Crippen LogP contribution is 2.40. The summed E-state index contributed by atoms with van der Waals surface area (Å²) in [7, 11) is 0. The number of amides is 1. The normalized spacial score (nSPS) is 14.7. The highest BCUT2D eigenvalue weighted by molar-refractivity contribution is 6.05. The molecule has 3 rings (SSSR count). The average molecular weight is 302 g/mol. The van der Waals surface area contributed by atoms with Gasteiger partial charge in [-0.1, -0.05) is 0 Å². The van der Waals surface area contributed by atoms with E-state index < -0.39 is 0 Å². The topological polar surface area (TPSA) is 80.0 Å². The Morgan fingerprint density at radius 1 is 1.50 bits per heavy atom.